The van der Waals surface area contributed by atoms with E-state index in [4.69, 9.17) is 9.47 Å². The molecule has 0 aromatic rings. The third-order valence-electron chi connectivity index (χ3n) is 8.71. The summed E-state index contributed by atoms with van der Waals surface area (Å²) >= 11 is 0. The zero-order valence-electron chi connectivity index (χ0n) is 16.0. The number of carbonyl (C=O) groups excluding carboxylic acids is 2. The second-order valence-corrected chi connectivity index (χ2v) is 9.79. The Morgan fingerprint density at radius 3 is 2.78 bits per heavy atom. The number of hydrogen-bond donors (Lipinski definition) is 1. The molecule has 4 fully saturated rings. The van der Waals surface area contributed by atoms with Crippen LogP contribution in [0.3, 0.4) is 0 Å². The van der Waals surface area contributed by atoms with E-state index in [2.05, 4.69) is 6.92 Å². The SMILES string of the molecule is CC(=O)O[C@]12CC[C@@H]3[C@](C[C@@H]1C)(C2)[C@@H](C(=O)O)[C@@H]1C2(C)C=CC[C@]13OC2=O. The van der Waals surface area contributed by atoms with Crippen molar-refractivity contribution in [3.8, 4) is 0 Å². The van der Waals surface area contributed by atoms with E-state index >= 15 is 0 Å². The minimum Gasteiger partial charge on any atom is -0.481 e. The molecule has 5 aliphatic rings. The molecule has 4 bridgehead atoms. The van der Waals surface area contributed by atoms with Crippen molar-refractivity contribution in [3.63, 3.8) is 0 Å². The second-order valence-electron chi connectivity index (χ2n) is 9.79. The first-order valence-corrected chi connectivity index (χ1v) is 9.95. The van der Waals surface area contributed by atoms with E-state index in [1.54, 1.807) is 0 Å². The summed E-state index contributed by atoms with van der Waals surface area (Å²) in [6.07, 6.45) is 7.17. The maximum absolute atomic E-state index is 12.8. The molecule has 8 atom stereocenters. The number of esters is 2. The third kappa shape index (κ3) is 1.71. The molecule has 1 heterocycles. The summed E-state index contributed by atoms with van der Waals surface area (Å²) in [6.45, 7) is 5.33. The quantitative estimate of drug-likeness (QED) is 0.590. The van der Waals surface area contributed by atoms with Gasteiger partial charge in [-0.1, -0.05) is 19.1 Å². The molecule has 0 aromatic carbocycles. The predicted molar refractivity (Wildman–Crippen MR) is 93.4 cm³/mol. The van der Waals surface area contributed by atoms with Gasteiger partial charge in [0, 0.05) is 25.2 Å². The van der Waals surface area contributed by atoms with Gasteiger partial charge in [0.15, 0.2) is 0 Å². The fourth-order valence-corrected chi connectivity index (χ4v) is 8.08. The van der Waals surface area contributed by atoms with Crippen LogP contribution >= 0.6 is 0 Å². The first kappa shape index (κ1) is 17.3. The standard InChI is InChI=1S/C21H26O6/c1-11-9-19-10-20(11,26-12(2)22)8-5-13(19)21-7-4-6-18(3,17(25)27-21)15(21)14(19)16(23)24/h4,6,11,13-15H,5,7-10H2,1-3H3,(H,23,24)/t11-,13+,14+,15+,18?,19-,20-,21+/m0/s1. The van der Waals surface area contributed by atoms with Crippen molar-refractivity contribution >= 4 is 17.9 Å². The molecule has 1 N–H and O–H groups in total. The highest BCUT2D eigenvalue weighted by atomic mass is 16.6. The Hall–Kier alpha value is -1.85. The van der Waals surface area contributed by atoms with Gasteiger partial charge in [0.1, 0.15) is 11.2 Å². The lowest BCUT2D eigenvalue weighted by Gasteiger charge is -2.46. The van der Waals surface area contributed by atoms with Crippen LogP contribution in [0.2, 0.25) is 0 Å². The van der Waals surface area contributed by atoms with E-state index in [1.807, 2.05) is 19.1 Å². The zero-order chi connectivity index (χ0) is 19.4. The van der Waals surface area contributed by atoms with Gasteiger partial charge in [-0.15, -0.1) is 0 Å². The first-order valence-electron chi connectivity index (χ1n) is 9.95. The van der Waals surface area contributed by atoms with Gasteiger partial charge in [0.2, 0.25) is 0 Å². The van der Waals surface area contributed by atoms with Crippen LogP contribution in [0.25, 0.3) is 0 Å². The van der Waals surface area contributed by atoms with Crippen molar-refractivity contribution in [2.24, 2.45) is 34.5 Å². The predicted octanol–water partition coefficient (Wildman–Crippen LogP) is 2.71. The Bertz CT molecular complexity index is 802. The number of carboxylic acids is 1. The van der Waals surface area contributed by atoms with Gasteiger partial charge >= 0.3 is 17.9 Å². The number of ether oxygens (including phenoxy) is 2. The average Bonchev–Trinajstić information content (AvgIpc) is 2.96. The highest BCUT2D eigenvalue weighted by Gasteiger charge is 2.83. The lowest BCUT2D eigenvalue weighted by atomic mass is 9.62. The number of rotatable bonds is 2. The Morgan fingerprint density at radius 2 is 2.11 bits per heavy atom. The molecule has 1 spiro atoms. The molecule has 5 rings (SSSR count). The minimum atomic E-state index is -0.886. The number of fused-ring (bicyclic) bond motifs is 1. The smallest absolute Gasteiger partial charge is 0.316 e. The maximum Gasteiger partial charge on any atom is 0.316 e. The van der Waals surface area contributed by atoms with E-state index in [-0.39, 0.29) is 29.7 Å². The summed E-state index contributed by atoms with van der Waals surface area (Å²) in [4.78, 5) is 37.2. The molecule has 1 saturated heterocycles. The monoisotopic (exact) mass is 374 g/mol. The van der Waals surface area contributed by atoms with Crippen molar-refractivity contribution in [1.82, 2.24) is 0 Å². The van der Waals surface area contributed by atoms with E-state index in [0.29, 0.717) is 25.7 Å². The van der Waals surface area contributed by atoms with Gasteiger partial charge in [-0.05, 0) is 43.9 Å². The van der Waals surface area contributed by atoms with Crippen molar-refractivity contribution in [1.29, 1.82) is 0 Å². The normalized spacial score (nSPS) is 54.3. The summed E-state index contributed by atoms with van der Waals surface area (Å²) in [7, 11) is 0. The molecule has 1 unspecified atom stereocenters. The molecule has 1 aliphatic heterocycles. The first-order chi connectivity index (χ1) is 12.6. The summed E-state index contributed by atoms with van der Waals surface area (Å²) in [5, 5.41) is 10.3. The van der Waals surface area contributed by atoms with Crippen molar-refractivity contribution < 1.29 is 29.0 Å². The summed E-state index contributed by atoms with van der Waals surface area (Å²) in [5.41, 5.74) is -2.69. The minimum absolute atomic E-state index is 0.000424. The van der Waals surface area contributed by atoms with Gasteiger partial charge in [0.25, 0.3) is 0 Å². The molecule has 146 valence electrons. The number of carboxylic acid groups (broad SMARTS) is 1. The van der Waals surface area contributed by atoms with Crippen LogP contribution in [-0.4, -0.2) is 34.2 Å². The average molecular weight is 374 g/mol. The molecule has 4 aliphatic carbocycles. The van der Waals surface area contributed by atoms with Crippen LogP contribution in [0, 0.1) is 34.5 Å². The third-order valence-corrected chi connectivity index (χ3v) is 8.71. The van der Waals surface area contributed by atoms with Crippen LogP contribution in [0.15, 0.2) is 12.2 Å². The summed E-state index contributed by atoms with van der Waals surface area (Å²) < 4.78 is 11.9. The van der Waals surface area contributed by atoms with Crippen molar-refractivity contribution in [2.75, 3.05) is 0 Å². The Kier molecular flexibility index (Phi) is 3.04. The molecular weight excluding hydrogens is 348 g/mol. The number of aliphatic carboxylic acids is 1. The zero-order valence-corrected chi connectivity index (χ0v) is 16.0. The molecule has 0 radical (unpaired) electrons. The lowest BCUT2D eigenvalue weighted by Crippen LogP contribution is -2.49. The van der Waals surface area contributed by atoms with Crippen molar-refractivity contribution in [3.05, 3.63) is 12.2 Å². The number of hydrogen-bond acceptors (Lipinski definition) is 5. The summed E-state index contributed by atoms with van der Waals surface area (Å²) in [5.74, 6) is -2.36. The van der Waals surface area contributed by atoms with Gasteiger partial charge in [-0.3, -0.25) is 14.4 Å². The van der Waals surface area contributed by atoms with Crippen LogP contribution < -0.4 is 0 Å². The second kappa shape index (κ2) is 4.76. The van der Waals surface area contributed by atoms with Crippen LogP contribution in [0.5, 0.6) is 0 Å². The largest absolute Gasteiger partial charge is 0.481 e. The molecule has 0 amide bonds. The molecular formula is C21H26O6. The molecule has 0 aromatic heterocycles. The van der Waals surface area contributed by atoms with Gasteiger partial charge in [-0.25, -0.2) is 0 Å². The van der Waals surface area contributed by atoms with Gasteiger partial charge in [-0.2, -0.15) is 0 Å². The maximum atomic E-state index is 12.8. The molecule has 6 nitrogen and oxygen atoms in total. The highest BCUT2D eigenvalue weighted by molar-refractivity contribution is 5.86. The topological polar surface area (TPSA) is 89.9 Å². The van der Waals surface area contributed by atoms with E-state index in [9.17, 15) is 19.5 Å². The van der Waals surface area contributed by atoms with E-state index in [0.717, 1.165) is 6.42 Å². The van der Waals surface area contributed by atoms with Crippen LogP contribution in [0.4, 0.5) is 0 Å². The van der Waals surface area contributed by atoms with Gasteiger partial charge in [0.05, 0.1) is 11.3 Å². The van der Waals surface area contributed by atoms with Crippen LogP contribution in [-0.2, 0) is 23.9 Å². The van der Waals surface area contributed by atoms with E-state index in [1.165, 1.54) is 6.92 Å². The van der Waals surface area contributed by atoms with Crippen LogP contribution in [0.1, 0.15) is 52.9 Å². The number of carbonyl (C=O) groups is 3. The highest BCUT2D eigenvalue weighted by Crippen LogP contribution is 2.78. The molecule has 6 heteroatoms. The van der Waals surface area contributed by atoms with Gasteiger partial charge < -0.3 is 14.6 Å². The van der Waals surface area contributed by atoms with Crippen molar-refractivity contribution in [2.45, 2.75) is 64.1 Å². The Labute approximate surface area is 158 Å². The summed E-state index contributed by atoms with van der Waals surface area (Å²) in [6, 6.07) is 0. The Morgan fingerprint density at radius 1 is 1.37 bits per heavy atom. The van der Waals surface area contributed by atoms with E-state index < -0.39 is 33.9 Å². The molecule has 3 saturated carbocycles. The lowest BCUT2D eigenvalue weighted by molar-refractivity contribution is -0.172. The molecule has 27 heavy (non-hydrogen) atoms. The Balaban J connectivity index is 1.69. The fraction of sp³-hybridized carbons (Fsp3) is 0.762. The fourth-order valence-electron chi connectivity index (χ4n) is 8.08.